The van der Waals surface area contributed by atoms with Crippen molar-refractivity contribution in [2.45, 2.75) is 25.1 Å². The highest BCUT2D eigenvalue weighted by atomic mass is 19.1. The van der Waals surface area contributed by atoms with Crippen LogP contribution >= 0.6 is 0 Å². The van der Waals surface area contributed by atoms with Crippen LogP contribution in [-0.2, 0) is 4.79 Å². The van der Waals surface area contributed by atoms with E-state index in [4.69, 9.17) is 0 Å². The van der Waals surface area contributed by atoms with Crippen LogP contribution in [0.15, 0.2) is 54.9 Å². The van der Waals surface area contributed by atoms with Crippen molar-refractivity contribution in [3.63, 3.8) is 0 Å². The molecular weight excluding hydrogens is 509 g/mol. The Hall–Kier alpha value is -4.41. The number of hydrogen-bond donors (Lipinski definition) is 1. The van der Waals surface area contributed by atoms with Gasteiger partial charge in [0, 0.05) is 25.1 Å². The molecule has 2 fully saturated rings. The van der Waals surface area contributed by atoms with Gasteiger partial charge in [-0.1, -0.05) is 0 Å². The minimum atomic E-state index is -1.21. The second-order valence-corrected chi connectivity index (χ2v) is 9.86. The number of anilines is 2. The van der Waals surface area contributed by atoms with Crippen LogP contribution < -0.4 is 9.80 Å². The molecule has 0 radical (unpaired) electrons. The summed E-state index contributed by atoms with van der Waals surface area (Å²) in [5, 5.41) is 13.9. The summed E-state index contributed by atoms with van der Waals surface area (Å²) in [7, 11) is 0. The number of pyridine rings is 1. The van der Waals surface area contributed by atoms with E-state index in [0.717, 1.165) is 23.9 Å². The Labute approximate surface area is 222 Å². The molecule has 0 saturated carbocycles. The van der Waals surface area contributed by atoms with Crippen LogP contribution in [-0.4, -0.2) is 56.5 Å². The molecule has 1 aromatic carbocycles. The predicted molar refractivity (Wildman–Crippen MR) is 140 cm³/mol. The van der Waals surface area contributed by atoms with Crippen LogP contribution in [0.3, 0.4) is 0 Å². The molecule has 3 atom stereocenters. The lowest BCUT2D eigenvalue weighted by Crippen LogP contribution is -2.26. The van der Waals surface area contributed by atoms with Crippen LogP contribution in [0.25, 0.3) is 17.8 Å². The van der Waals surface area contributed by atoms with Crippen LogP contribution in [0.1, 0.15) is 35.8 Å². The number of hydrogen-bond acceptors (Lipinski definition) is 6. The molecule has 2 aliphatic heterocycles. The van der Waals surface area contributed by atoms with Gasteiger partial charge in [0.2, 0.25) is 0 Å². The molecule has 5 heterocycles. The number of nitrogens with zero attached hydrogens (tertiary/aromatic N) is 6. The lowest BCUT2D eigenvalue weighted by molar-refractivity contribution is -0.140. The Morgan fingerprint density at radius 1 is 1.03 bits per heavy atom. The summed E-state index contributed by atoms with van der Waals surface area (Å²) >= 11 is 0. The minimum Gasteiger partial charge on any atom is -0.481 e. The van der Waals surface area contributed by atoms with Crippen molar-refractivity contribution in [3.8, 4) is 0 Å². The first-order valence-corrected chi connectivity index (χ1v) is 12.7. The molecule has 0 aliphatic carbocycles. The number of carboxylic acid groups (broad SMARTS) is 1. The minimum absolute atomic E-state index is 0.0134. The Bertz CT molecular complexity index is 1560. The van der Waals surface area contributed by atoms with Crippen LogP contribution in [0.5, 0.6) is 0 Å². The Kier molecular flexibility index (Phi) is 6.41. The van der Waals surface area contributed by atoms with Gasteiger partial charge in [0.25, 0.3) is 0 Å². The standard InChI is InChI=1S/C28H25F3N6O2/c29-18-1-6-24(31)23(11-18)25-12-19(30)16-36(25)27-8-7-26-33-14-22(37(26)34-27)5-3-20-2-4-21(13-32-20)35-10-9-17(15-35)28(38)39/h1-8,11,13-14,17,19,25H,9-10,12,15-16H2,(H,38,39)/b5-3+/t17?,19-,25+/m0/s1. The Morgan fingerprint density at radius 2 is 1.90 bits per heavy atom. The number of benzene rings is 1. The number of aromatic nitrogens is 4. The van der Waals surface area contributed by atoms with Gasteiger partial charge in [-0.3, -0.25) is 9.78 Å². The molecule has 200 valence electrons. The molecule has 3 aromatic heterocycles. The van der Waals surface area contributed by atoms with E-state index >= 15 is 0 Å². The summed E-state index contributed by atoms with van der Waals surface area (Å²) in [6, 6.07) is 9.74. The van der Waals surface area contributed by atoms with Gasteiger partial charge < -0.3 is 14.9 Å². The predicted octanol–water partition coefficient (Wildman–Crippen LogP) is 4.77. The zero-order valence-electron chi connectivity index (χ0n) is 20.8. The smallest absolute Gasteiger partial charge is 0.308 e. The summed E-state index contributed by atoms with van der Waals surface area (Å²) in [5.74, 6) is -1.88. The zero-order chi connectivity index (χ0) is 27.1. The van der Waals surface area contributed by atoms with Crippen molar-refractivity contribution in [2.24, 2.45) is 5.92 Å². The Balaban J connectivity index is 1.23. The first-order chi connectivity index (χ1) is 18.9. The molecule has 8 nitrogen and oxygen atoms in total. The van der Waals surface area contributed by atoms with Crippen molar-refractivity contribution in [1.29, 1.82) is 0 Å². The van der Waals surface area contributed by atoms with E-state index in [1.807, 2.05) is 23.1 Å². The second-order valence-electron chi connectivity index (χ2n) is 9.86. The van der Waals surface area contributed by atoms with Gasteiger partial charge >= 0.3 is 5.97 Å². The highest BCUT2D eigenvalue weighted by Crippen LogP contribution is 2.38. The monoisotopic (exact) mass is 534 g/mol. The van der Waals surface area contributed by atoms with Gasteiger partial charge in [-0.25, -0.2) is 22.7 Å². The van der Waals surface area contributed by atoms with Crippen LogP contribution in [0, 0.1) is 17.6 Å². The van der Waals surface area contributed by atoms with Crippen molar-refractivity contribution in [1.82, 2.24) is 19.6 Å². The molecule has 0 amide bonds. The van der Waals surface area contributed by atoms with Gasteiger partial charge in [-0.15, -0.1) is 5.10 Å². The number of aliphatic carboxylic acids is 1. The first-order valence-electron chi connectivity index (χ1n) is 12.7. The molecule has 0 spiro atoms. The molecule has 1 N–H and O–H groups in total. The summed E-state index contributed by atoms with van der Waals surface area (Å²) in [6.07, 6.45) is 6.43. The van der Waals surface area contributed by atoms with E-state index < -0.39 is 29.8 Å². The van der Waals surface area contributed by atoms with E-state index in [9.17, 15) is 23.1 Å². The molecule has 39 heavy (non-hydrogen) atoms. The van der Waals surface area contributed by atoms with Gasteiger partial charge in [0.1, 0.15) is 23.6 Å². The van der Waals surface area contributed by atoms with Crippen molar-refractivity contribution >= 4 is 35.3 Å². The lowest BCUT2D eigenvalue weighted by Gasteiger charge is -2.26. The number of rotatable bonds is 6. The lowest BCUT2D eigenvalue weighted by atomic mass is 10.0. The number of halogens is 3. The van der Waals surface area contributed by atoms with Crippen LogP contribution in [0.4, 0.5) is 24.7 Å². The SMILES string of the molecule is O=C(O)C1CCN(c2ccc(/C=C/c3cnc4ccc(N5C[C@@H](F)C[C@@H]5c5cc(F)ccc5F)nn34)nc2)C1. The highest BCUT2D eigenvalue weighted by molar-refractivity contribution is 5.72. The van der Waals surface area contributed by atoms with E-state index in [0.29, 0.717) is 42.4 Å². The third kappa shape index (κ3) is 4.91. The topological polar surface area (TPSA) is 86.9 Å². The van der Waals surface area contributed by atoms with E-state index in [1.54, 1.807) is 40.0 Å². The zero-order valence-corrected chi connectivity index (χ0v) is 20.8. The summed E-state index contributed by atoms with van der Waals surface area (Å²) in [4.78, 5) is 23.8. The maximum Gasteiger partial charge on any atom is 0.308 e. The van der Waals surface area contributed by atoms with Gasteiger partial charge in [0.05, 0.1) is 48.0 Å². The van der Waals surface area contributed by atoms with Crippen molar-refractivity contribution in [3.05, 3.63) is 83.4 Å². The second kappa shape index (κ2) is 10.0. The van der Waals surface area contributed by atoms with E-state index in [1.165, 1.54) is 0 Å². The summed E-state index contributed by atoms with van der Waals surface area (Å²) in [5.41, 5.74) is 2.90. The number of imidazole rings is 1. The number of fused-ring (bicyclic) bond motifs is 1. The number of carbonyl (C=O) groups is 1. The fraction of sp³-hybridized carbons (Fsp3) is 0.286. The van der Waals surface area contributed by atoms with Gasteiger partial charge in [0.15, 0.2) is 5.65 Å². The molecule has 11 heteroatoms. The van der Waals surface area contributed by atoms with Crippen molar-refractivity contribution < 1.29 is 23.1 Å². The molecule has 2 aliphatic rings. The summed E-state index contributed by atoms with van der Waals surface area (Å²) in [6.45, 7) is 1.16. The maximum atomic E-state index is 14.5. The summed E-state index contributed by atoms with van der Waals surface area (Å²) < 4.78 is 44.5. The van der Waals surface area contributed by atoms with E-state index in [2.05, 4.69) is 15.1 Å². The third-order valence-corrected chi connectivity index (χ3v) is 7.33. The average Bonchev–Trinajstić information content (AvgIpc) is 3.67. The normalized spacial score (nSPS) is 21.5. The van der Waals surface area contributed by atoms with Gasteiger partial charge in [-0.2, -0.15) is 0 Å². The average molecular weight is 535 g/mol. The van der Waals surface area contributed by atoms with Crippen molar-refractivity contribution in [2.75, 3.05) is 29.4 Å². The molecule has 4 aromatic rings. The number of carboxylic acids is 1. The van der Waals surface area contributed by atoms with Crippen LogP contribution in [0.2, 0.25) is 0 Å². The molecule has 1 unspecified atom stereocenters. The fourth-order valence-corrected chi connectivity index (χ4v) is 5.30. The molecule has 2 saturated heterocycles. The quantitative estimate of drug-likeness (QED) is 0.381. The highest BCUT2D eigenvalue weighted by Gasteiger charge is 2.36. The largest absolute Gasteiger partial charge is 0.481 e. The fourth-order valence-electron chi connectivity index (χ4n) is 5.30. The first kappa shape index (κ1) is 24.9. The number of alkyl halides is 1. The maximum absolute atomic E-state index is 14.5. The van der Waals surface area contributed by atoms with E-state index in [-0.39, 0.29) is 24.4 Å². The molecule has 6 rings (SSSR count). The third-order valence-electron chi connectivity index (χ3n) is 7.33. The molecule has 0 bridgehead atoms. The van der Waals surface area contributed by atoms with Gasteiger partial charge in [-0.05, 0) is 61.0 Å². The Morgan fingerprint density at radius 3 is 2.67 bits per heavy atom. The molecular formula is C28H25F3N6O2.